The Balaban J connectivity index is 1.68. The predicted molar refractivity (Wildman–Crippen MR) is 92.0 cm³/mol. The van der Waals surface area contributed by atoms with Gasteiger partial charge < -0.3 is 19.9 Å². The van der Waals surface area contributed by atoms with Gasteiger partial charge in [0.15, 0.2) is 6.10 Å². The number of carbonyl (C=O) groups excluding carboxylic acids is 2. The molecule has 2 aliphatic rings. The first-order valence-corrected chi connectivity index (χ1v) is 8.58. The van der Waals surface area contributed by atoms with E-state index in [-0.39, 0.29) is 19.0 Å². The van der Waals surface area contributed by atoms with Gasteiger partial charge in [-0.3, -0.25) is 19.3 Å². The zero-order valence-electron chi connectivity index (χ0n) is 14.6. The minimum absolute atomic E-state index is 0.0141. The van der Waals surface area contributed by atoms with Crippen molar-refractivity contribution in [3.63, 3.8) is 0 Å². The first kappa shape index (κ1) is 18.2. The minimum atomic E-state index is -1.02. The van der Waals surface area contributed by atoms with E-state index in [2.05, 4.69) is 5.32 Å². The first-order chi connectivity index (χ1) is 12.4. The number of ether oxygens (including phenoxy) is 2. The molecular formula is C18H22N2O6. The molecule has 0 saturated carbocycles. The second-order valence-corrected chi connectivity index (χ2v) is 6.63. The lowest BCUT2D eigenvalue weighted by molar-refractivity contribution is -0.154. The number of aliphatic carboxylic acids is 1. The van der Waals surface area contributed by atoms with E-state index in [1.54, 1.807) is 31.2 Å². The number of nitrogens with zero attached hydrogens (tertiary/aromatic N) is 1. The lowest BCUT2D eigenvalue weighted by Crippen LogP contribution is -2.51. The lowest BCUT2D eigenvalue weighted by Gasteiger charge is -2.34. The molecule has 1 fully saturated rings. The van der Waals surface area contributed by atoms with E-state index >= 15 is 0 Å². The summed E-state index contributed by atoms with van der Waals surface area (Å²) in [7, 11) is 0. The van der Waals surface area contributed by atoms with Gasteiger partial charge >= 0.3 is 5.97 Å². The Bertz CT molecular complexity index is 713. The number of hydrogen-bond donors (Lipinski definition) is 2. The third-order valence-corrected chi connectivity index (χ3v) is 4.90. The number of rotatable bonds is 5. The van der Waals surface area contributed by atoms with Gasteiger partial charge in [-0.2, -0.15) is 0 Å². The van der Waals surface area contributed by atoms with Gasteiger partial charge in [-0.15, -0.1) is 0 Å². The van der Waals surface area contributed by atoms with Gasteiger partial charge in [0, 0.05) is 19.8 Å². The summed E-state index contributed by atoms with van der Waals surface area (Å²) >= 11 is 0. The van der Waals surface area contributed by atoms with E-state index in [0.717, 1.165) is 0 Å². The van der Waals surface area contributed by atoms with Crippen LogP contribution in [0.15, 0.2) is 24.3 Å². The second-order valence-electron chi connectivity index (χ2n) is 6.63. The number of para-hydroxylation sites is 2. The molecule has 1 saturated heterocycles. The van der Waals surface area contributed by atoms with Gasteiger partial charge in [-0.25, -0.2) is 0 Å². The molecule has 0 radical (unpaired) electrons. The maximum absolute atomic E-state index is 12.4. The van der Waals surface area contributed by atoms with Crippen molar-refractivity contribution >= 4 is 23.5 Å². The Hall–Kier alpha value is -2.61. The van der Waals surface area contributed by atoms with E-state index < -0.39 is 23.4 Å². The summed E-state index contributed by atoms with van der Waals surface area (Å²) in [5.41, 5.74) is -0.488. The van der Waals surface area contributed by atoms with Crippen LogP contribution in [-0.4, -0.2) is 55.3 Å². The van der Waals surface area contributed by atoms with Crippen LogP contribution in [0.1, 0.15) is 19.8 Å². The number of carbonyl (C=O) groups is 3. The first-order valence-electron chi connectivity index (χ1n) is 8.58. The average molecular weight is 362 g/mol. The molecule has 8 nitrogen and oxygen atoms in total. The number of fused-ring (bicyclic) bond motifs is 1. The van der Waals surface area contributed by atoms with Crippen LogP contribution in [0.5, 0.6) is 5.75 Å². The Labute approximate surface area is 151 Å². The maximum atomic E-state index is 12.4. The number of carboxylic acid groups (broad SMARTS) is 1. The average Bonchev–Trinajstić information content (AvgIpc) is 2.64. The van der Waals surface area contributed by atoms with Crippen molar-refractivity contribution in [2.45, 2.75) is 25.9 Å². The van der Waals surface area contributed by atoms with Crippen molar-refractivity contribution in [1.82, 2.24) is 5.32 Å². The highest BCUT2D eigenvalue weighted by Gasteiger charge is 2.41. The van der Waals surface area contributed by atoms with E-state index in [1.807, 2.05) is 0 Å². The summed E-state index contributed by atoms with van der Waals surface area (Å²) < 4.78 is 10.8. The fourth-order valence-electron chi connectivity index (χ4n) is 3.22. The summed E-state index contributed by atoms with van der Waals surface area (Å²) in [5, 5.41) is 12.2. The molecule has 0 spiro atoms. The van der Waals surface area contributed by atoms with E-state index in [9.17, 15) is 19.5 Å². The molecular weight excluding hydrogens is 340 g/mol. The van der Waals surface area contributed by atoms with Crippen molar-refractivity contribution in [3.8, 4) is 5.75 Å². The van der Waals surface area contributed by atoms with Gasteiger partial charge in [-0.1, -0.05) is 12.1 Å². The molecule has 2 heterocycles. The summed E-state index contributed by atoms with van der Waals surface area (Å²) in [4.78, 5) is 37.8. The third kappa shape index (κ3) is 3.50. The Kier molecular flexibility index (Phi) is 5.13. The van der Waals surface area contributed by atoms with Crippen molar-refractivity contribution in [1.29, 1.82) is 0 Å². The molecule has 3 rings (SSSR count). The summed E-state index contributed by atoms with van der Waals surface area (Å²) in [6.45, 7) is 2.17. The number of carboxylic acids is 1. The van der Waals surface area contributed by atoms with Gasteiger partial charge in [0.25, 0.3) is 5.91 Å². The standard InChI is InChI=1S/C18H22N2O6/c1-12-16(22)20(13-4-2-3-5-14(13)26-12)10-15(21)19-11-18(17(23)24)6-8-25-9-7-18/h2-5,12H,6-11H2,1H3,(H,19,21)(H,23,24). The van der Waals surface area contributed by atoms with Crippen LogP contribution in [0.3, 0.4) is 0 Å². The van der Waals surface area contributed by atoms with Crippen LogP contribution in [-0.2, 0) is 19.1 Å². The summed E-state index contributed by atoms with van der Waals surface area (Å²) in [5.74, 6) is -1.12. The molecule has 2 N–H and O–H groups in total. The van der Waals surface area contributed by atoms with Crippen molar-refractivity contribution in [3.05, 3.63) is 24.3 Å². The number of anilines is 1. The van der Waals surface area contributed by atoms with Crippen LogP contribution in [0.2, 0.25) is 0 Å². The molecule has 2 amide bonds. The Morgan fingerprint density at radius 1 is 1.31 bits per heavy atom. The monoisotopic (exact) mass is 362 g/mol. The van der Waals surface area contributed by atoms with E-state index in [4.69, 9.17) is 9.47 Å². The molecule has 140 valence electrons. The van der Waals surface area contributed by atoms with Crippen molar-refractivity contribution in [2.24, 2.45) is 5.41 Å². The highest BCUT2D eigenvalue weighted by Crippen LogP contribution is 2.33. The highest BCUT2D eigenvalue weighted by molar-refractivity contribution is 6.03. The van der Waals surface area contributed by atoms with Crippen molar-refractivity contribution in [2.75, 3.05) is 31.2 Å². The minimum Gasteiger partial charge on any atom is -0.481 e. The second kappa shape index (κ2) is 7.33. The van der Waals surface area contributed by atoms with Crippen LogP contribution in [0.25, 0.3) is 0 Å². The predicted octanol–water partition coefficient (Wildman–Crippen LogP) is 0.798. The Morgan fingerprint density at radius 2 is 2.00 bits per heavy atom. The third-order valence-electron chi connectivity index (χ3n) is 4.90. The number of hydrogen-bond acceptors (Lipinski definition) is 5. The zero-order valence-corrected chi connectivity index (χ0v) is 14.6. The van der Waals surface area contributed by atoms with E-state index in [1.165, 1.54) is 4.90 Å². The smallest absolute Gasteiger partial charge is 0.311 e. The molecule has 8 heteroatoms. The zero-order chi connectivity index (χ0) is 18.7. The number of amides is 2. The van der Waals surface area contributed by atoms with Crippen molar-refractivity contribution < 1.29 is 29.0 Å². The van der Waals surface area contributed by atoms with Gasteiger partial charge in [0.1, 0.15) is 12.3 Å². The molecule has 1 atom stereocenters. The number of nitrogens with one attached hydrogen (secondary N) is 1. The molecule has 1 aromatic carbocycles. The van der Waals surface area contributed by atoms with Crippen LogP contribution >= 0.6 is 0 Å². The largest absolute Gasteiger partial charge is 0.481 e. The van der Waals surface area contributed by atoms with Gasteiger partial charge in [0.2, 0.25) is 5.91 Å². The maximum Gasteiger partial charge on any atom is 0.311 e. The topological polar surface area (TPSA) is 105 Å². The lowest BCUT2D eigenvalue weighted by atomic mass is 9.80. The quantitative estimate of drug-likeness (QED) is 0.803. The SMILES string of the molecule is CC1Oc2ccccc2N(CC(=O)NCC2(C(=O)O)CCOCC2)C1=O. The van der Waals surface area contributed by atoms with E-state index in [0.29, 0.717) is 37.5 Å². The molecule has 1 aromatic rings. The molecule has 0 aliphatic carbocycles. The van der Waals surface area contributed by atoms with Gasteiger partial charge in [0.05, 0.1) is 11.1 Å². The molecule has 26 heavy (non-hydrogen) atoms. The number of benzene rings is 1. The Morgan fingerprint density at radius 3 is 2.69 bits per heavy atom. The van der Waals surface area contributed by atoms with Crippen LogP contribution in [0.4, 0.5) is 5.69 Å². The molecule has 0 bridgehead atoms. The molecule has 1 unspecified atom stereocenters. The summed E-state index contributed by atoms with van der Waals surface area (Å²) in [6, 6.07) is 7.01. The normalized spacial score (nSPS) is 21.5. The highest BCUT2D eigenvalue weighted by atomic mass is 16.5. The molecule has 2 aliphatic heterocycles. The van der Waals surface area contributed by atoms with Crippen LogP contribution in [0, 0.1) is 5.41 Å². The fraction of sp³-hybridized carbons (Fsp3) is 0.500. The molecule has 0 aromatic heterocycles. The fourth-order valence-corrected chi connectivity index (χ4v) is 3.22. The van der Waals surface area contributed by atoms with Gasteiger partial charge in [-0.05, 0) is 31.9 Å². The van der Waals surface area contributed by atoms with Crippen LogP contribution < -0.4 is 15.0 Å². The summed E-state index contributed by atoms with van der Waals surface area (Å²) in [6.07, 6.45) is 0.0105.